The van der Waals surface area contributed by atoms with Gasteiger partial charge >= 0.3 is 0 Å². The standard InChI is InChI=1S/C48H78N2/c1-4-6-8-10-12-14-15-16-17-18-19-20-21-23-25-33-39-46(47-49-40-42-50(47)41-34-26-24-22-13-11-9-7-5-2)48(3,45-37-31-28-32-38-45)43-44-35-29-27-30-36-44/h27-32,35-38,40,42,46H,4-26,33-34,39,41,43H2,1-3H3/p+1. The molecule has 1 aromatic heterocycles. The predicted octanol–water partition coefficient (Wildman–Crippen LogP) is 14.8. The number of hydrogen-bond acceptors (Lipinski definition) is 0. The fourth-order valence-corrected chi connectivity index (χ4v) is 8.38. The van der Waals surface area contributed by atoms with E-state index in [2.05, 4.69) is 103 Å². The summed E-state index contributed by atoms with van der Waals surface area (Å²) >= 11 is 0. The highest BCUT2D eigenvalue weighted by atomic mass is 15.1. The summed E-state index contributed by atoms with van der Waals surface area (Å²) in [5.74, 6) is 1.87. The molecule has 0 aliphatic heterocycles. The Morgan fingerprint density at radius 3 is 1.42 bits per heavy atom. The van der Waals surface area contributed by atoms with Gasteiger partial charge in [-0.1, -0.05) is 229 Å². The summed E-state index contributed by atoms with van der Waals surface area (Å²) in [7, 11) is 0. The highest BCUT2D eigenvalue weighted by molar-refractivity contribution is 5.32. The number of imidazole rings is 1. The van der Waals surface area contributed by atoms with E-state index < -0.39 is 0 Å². The number of unbranched alkanes of at least 4 members (excludes halogenated alkanes) is 23. The smallest absolute Gasteiger partial charge is 0.247 e. The van der Waals surface area contributed by atoms with Crippen LogP contribution in [-0.4, -0.2) is 4.98 Å². The monoisotopic (exact) mass is 684 g/mol. The van der Waals surface area contributed by atoms with Crippen LogP contribution in [0, 0.1) is 0 Å². The van der Waals surface area contributed by atoms with Crippen LogP contribution in [0.2, 0.25) is 0 Å². The van der Waals surface area contributed by atoms with Crippen LogP contribution in [0.5, 0.6) is 0 Å². The maximum Gasteiger partial charge on any atom is 0.258 e. The number of rotatable bonds is 32. The molecule has 2 aromatic carbocycles. The van der Waals surface area contributed by atoms with Crippen molar-refractivity contribution < 1.29 is 4.57 Å². The minimum absolute atomic E-state index is 0.00319. The van der Waals surface area contributed by atoms with Crippen molar-refractivity contribution in [2.24, 2.45) is 0 Å². The van der Waals surface area contributed by atoms with Crippen molar-refractivity contribution in [2.45, 2.75) is 212 Å². The summed E-state index contributed by atoms with van der Waals surface area (Å²) in [5.41, 5.74) is 2.91. The van der Waals surface area contributed by atoms with E-state index in [-0.39, 0.29) is 5.41 Å². The zero-order valence-electron chi connectivity index (χ0n) is 33.3. The van der Waals surface area contributed by atoms with Gasteiger partial charge in [0.25, 0.3) is 5.82 Å². The van der Waals surface area contributed by atoms with Gasteiger partial charge in [-0.05, 0) is 36.8 Å². The van der Waals surface area contributed by atoms with Gasteiger partial charge in [0, 0.05) is 5.41 Å². The largest absolute Gasteiger partial charge is 0.258 e. The molecule has 0 amide bonds. The second-order valence-corrected chi connectivity index (χ2v) is 16.0. The highest BCUT2D eigenvalue weighted by Gasteiger charge is 2.41. The van der Waals surface area contributed by atoms with Crippen molar-refractivity contribution in [2.75, 3.05) is 0 Å². The molecule has 0 spiro atoms. The molecule has 2 atom stereocenters. The molecule has 3 rings (SSSR count). The minimum atomic E-state index is 0.00319. The van der Waals surface area contributed by atoms with Gasteiger partial charge in [0.15, 0.2) is 0 Å². The van der Waals surface area contributed by atoms with E-state index in [1.54, 1.807) is 0 Å². The van der Waals surface area contributed by atoms with Gasteiger partial charge in [-0.3, -0.25) is 0 Å². The molecule has 2 nitrogen and oxygen atoms in total. The molecule has 2 heteroatoms. The molecule has 0 bridgehead atoms. The quantitative estimate of drug-likeness (QED) is 0.0499. The topological polar surface area (TPSA) is 19.7 Å². The Morgan fingerprint density at radius 2 is 0.940 bits per heavy atom. The van der Waals surface area contributed by atoms with Gasteiger partial charge in [-0.25, -0.2) is 9.55 Å². The summed E-state index contributed by atoms with van der Waals surface area (Å²) in [6.45, 7) is 8.29. The van der Waals surface area contributed by atoms with E-state index in [1.165, 1.54) is 184 Å². The molecule has 0 saturated carbocycles. The third-order valence-electron chi connectivity index (χ3n) is 11.6. The van der Waals surface area contributed by atoms with Gasteiger partial charge in [-0.15, -0.1) is 0 Å². The van der Waals surface area contributed by atoms with E-state index in [0.717, 1.165) is 13.0 Å². The van der Waals surface area contributed by atoms with E-state index >= 15 is 0 Å². The van der Waals surface area contributed by atoms with Gasteiger partial charge < -0.3 is 0 Å². The van der Waals surface area contributed by atoms with E-state index in [1.807, 2.05) is 0 Å². The Morgan fingerprint density at radius 1 is 0.520 bits per heavy atom. The number of nitrogens with one attached hydrogen (secondary N) is 1. The zero-order valence-corrected chi connectivity index (χ0v) is 33.3. The fourth-order valence-electron chi connectivity index (χ4n) is 8.38. The minimum Gasteiger partial charge on any atom is -0.247 e. The van der Waals surface area contributed by atoms with Gasteiger partial charge in [0.05, 0.1) is 12.5 Å². The van der Waals surface area contributed by atoms with Crippen LogP contribution in [-0.2, 0) is 18.4 Å². The van der Waals surface area contributed by atoms with Crippen LogP contribution < -0.4 is 4.57 Å². The Balaban J connectivity index is 1.53. The van der Waals surface area contributed by atoms with Crippen LogP contribution in [0.25, 0.3) is 0 Å². The number of aromatic amines is 1. The van der Waals surface area contributed by atoms with Gasteiger partial charge in [-0.2, -0.15) is 0 Å². The second-order valence-electron chi connectivity index (χ2n) is 16.0. The SMILES string of the molecule is CCCCCCCCCCCCCCCCCCC(c1[nH]cc[n+]1CCCCCCCCCCC)C(C)(Cc1ccccc1)c1ccccc1. The molecule has 0 saturated heterocycles. The van der Waals surface area contributed by atoms with Crippen molar-refractivity contribution in [3.63, 3.8) is 0 Å². The fraction of sp³-hybridized carbons (Fsp3) is 0.688. The van der Waals surface area contributed by atoms with E-state index in [4.69, 9.17) is 0 Å². The van der Waals surface area contributed by atoms with Crippen molar-refractivity contribution in [1.29, 1.82) is 0 Å². The lowest BCUT2D eigenvalue weighted by Gasteiger charge is -2.37. The van der Waals surface area contributed by atoms with Crippen LogP contribution in [0.15, 0.2) is 73.1 Å². The first-order valence-corrected chi connectivity index (χ1v) is 21.8. The third kappa shape index (κ3) is 16.8. The van der Waals surface area contributed by atoms with E-state index in [9.17, 15) is 0 Å². The summed E-state index contributed by atoms with van der Waals surface area (Å²) < 4.78 is 2.59. The Kier molecular flexibility index (Phi) is 23.0. The van der Waals surface area contributed by atoms with Crippen molar-refractivity contribution in [1.82, 2.24) is 4.98 Å². The molecule has 1 N–H and O–H groups in total. The van der Waals surface area contributed by atoms with Crippen molar-refractivity contribution >= 4 is 0 Å². The first kappa shape index (κ1) is 42.1. The molecule has 1 heterocycles. The number of hydrogen-bond donors (Lipinski definition) is 1. The van der Waals surface area contributed by atoms with Gasteiger partial charge in [0.2, 0.25) is 0 Å². The van der Waals surface area contributed by atoms with Crippen LogP contribution in [0.3, 0.4) is 0 Å². The summed E-state index contributed by atoms with van der Waals surface area (Å²) in [6.07, 6.45) is 41.9. The third-order valence-corrected chi connectivity index (χ3v) is 11.6. The molecule has 280 valence electrons. The second kappa shape index (κ2) is 27.3. The summed E-state index contributed by atoms with van der Waals surface area (Å²) in [5, 5.41) is 0. The summed E-state index contributed by atoms with van der Waals surface area (Å²) in [6, 6.07) is 22.7. The Labute approximate surface area is 310 Å². The molecule has 0 aliphatic rings. The number of aryl methyl sites for hydroxylation is 1. The van der Waals surface area contributed by atoms with Crippen molar-refractivity contribution in [3.8, 4) is 0 Å². The molecule has 0 fully saturated rings. The maximum atomic E-state index is 3.82. The van der Waals surface area contributed by atoms with Crippen molar-refractivity contribution in [3.05, 3.63) is 90.0 Å². The molecule has 50 heavy (non-hydrogen) atoms. The Bertz CT molecular complexity index is 1170. The molecule has 3 aromatic rings. The lowest BCUT2D eigenvalue weighted by molar-refractivity contribution is -0.705. The molecule has 0 radical (unpaired) electrons. The average molecular weight is 684 g/mol. The van der Waals surface area contributed by atoms with Crippen LogP contribution >= 0.6 is 0 Å². The molecule has 0 aliphatic carbocycles. The lowest BCUT2D eigenvalue weighted by atomic mass is 9.66. The Hall–Kier alpha value is -2.35. The molecular weight excluding hydrogens is 605 g/mol. The number of nitrogens with zero attached hydrogens (tertiary/aromatic N) is 1. The van der Waals surface area contributed by atoms with Crippen LogP contribution in [0.4, 0.5) is 0 Å². The molecule has 2 unspecified atom stereocenters. The normalized spacial score (nSPS) is 13.4. The first-order valence-electron chi connectivity index (χ1n) is 21.8. The number of aromatic nitrogens is 2. The first-order chi connectivity index (χ1) is 24.7. The highest BCUT2D eigenvalue weighted by Crippen LogP contribution is 2.43. The average Bonchev–Trinajstić information content (AvgIpc) is 3.60. The van der Waals surface area contributed by atoms with Gasteiger partial charge in [0.1, 0.15) is 12.4 Å². The molecular formula is C48H79N2+. The lowest BCUT2D eigenvalue weighted by Crippen LogP contribution is -2.43. The maximum absolute atomic E-state index is 3.82. The van der Waals surface area contributed by atoms with E-state index in [0.29, 0.717) is 5.92 Å². The number of benzene rings is 2. The zero-order chi connectivity index (χ0) is 35.4. The van der Waals surface area contributed by atoms with Crippen LogP contribution in [0.1, 0.15) is 211 Å². The number of H-pyrrole nitrogens is 1. The summed E-state index contributed by atoms with van der Waals surface area (Å²) in [4.78, 5) is 3.82. The predicted molar refractivity (Wildman–Crippen MR) is 219 cm³/mol.